The van der Waals surface area contributed by atoms with Crippen molar-refractivity contribution in [2.75, 3.05) is 5.32 Å². The molecule has 86 valence electrons. The maximum absolute atomic E-state index is 11.3. The molecule has 0 saturated heterocycles. The first-order valence-corrected chi connectivity index (χ1v) is 4.76. The van der Waals surface area contributed by atoms with Crippen LogP contribution in [0.25, 0.3) is 0 Å². The van der Waals surface area contributed by atoms with Crippen molar-refractivity contribution in [3.8, 4) is 0 Å². The first kappa shape index (κ1) is 12.2. The number of hydrogen-bond donors (Lipinski definition) is 3. The summed E-state index contributed by atoms with van der Waals surface area (Å²) in [6.07, 6.45) is -2.12. The third-order valence-electron chi connectivity index (χ3n) is 2.00. The van der Waals surface area contributed by atoms with Crippen LogP contribution in [0.1, 0.15) is 12.0 Å². The van der Waals surface area contributed by atoms with Gasteiger partial charge in [0.25, 0.3) is 0 Å². The highest BCUT2D eigenvalue weighted by Crippen LogP contribution is 2.09. The Morgan fingerprint density at radius 2 is 1.88 bits per heavy atom. The van der Waals surface area contributed by atoms with Crippen molar-refractivity contribution in [1.29, 1.82) is 0 Å². The van der Waals surface area contributed by atoms with Crippen LogP contribution in [-0.2, 0) is 9.59 Å². The fraction of sp³-hybridized carbons (Fsp3) is 0.273. The average Bonchev–Trinajstić information content (AvgIpc) is 2.21. The van der Waals surface area contributed by atoms with Crippen molar-refractivity contribution >= 4 is 17.6 Å². The van der Waals surface area contributed by atoms with Crippen molar-refractivity contribution in [2.45, 2.75) is 19.4 Å². The highest BCUT2D eigenvalue weighted by Gasteiger charge is 2.17. The largest absolute Gasteiger partial charge is 0.479 e. The standard InChI is InChI=1S/C11H13NO4/c1-7-2-4-8(5-3-7)12-10(14)6-9(13)11(15)16/h2-5,9,13H,6H2,1H3,(H,12,14)(H,15,16). The lowest BCUT2D eigenvalue weighted by Crippen LogP contribution is -2.26. The molecule has 0 heterocycles. The topological polar surface area (TPSA) is 86.6 Å². The van der Waals surface area contributed by atoms with Crippen LogP contribution < -0.4 is 5.32 Å². The molecule has 1 rings (SSSR count). The van der Waals surface area contributed by atoms with Crippen molar-refractivity contribution in [3.05, 3.63) is 29.8 Å². The molecule has 0 aliphatic carbocycles. The number of benzene rings is 1. The lowest BCUT2D eigenvalue weighted by atomic mass is 10.2. The monoisotopic (exact) mass is 223 g/mol. The second-order valence-corrected chi connectivity index (χ2v) is 3.47. The number of nitrogens with one attached hydrogen (secondary N) is 1. The van der Waals surface area contributed by atoms with Crippen LogP contribution >= 0.6 is 0 Å². The Morgan fingerprint density at radius 3 is 2.38 bits per heavy atom. The number of carboxylic acids is 1. The van der Waals surface area contributed by atoms with Crippen molar-refractivity contribution in [1.82, 2.24) is 0 Å². The van der Waals surface area contributed by atoms with Gasteiger partial charge in [-0.2, -0.15) is 0 Å². The van der Waals surface area contributed by atoms with Gasteiger partial charge in [0, 0.05) is 5.69 Å². The molecule has 0 aromatic heterocycles. The molecule has 0 bridgehead atoms. The fourth-order valence-corrected chi connectivity index (χ4v) is 1.11. The predicted octanol–water partition coefficient (Wildman–Crippen LogP) is 0.769. The normalized spacial score (nSPS) is 11.9. The number of aliphatic carboxylic acids is 1. The molecule has 1 atom stereocenters. The van der Waals surface area contributed by atoms with E-state index in [9.17, 15) is 9.59 Å². The van der Waals surface area contributed by atoms with Crippen LogP contribution in [0, 0.1) is 6.92 Å². The molecule has 1 aromatic carbocycles. The van der Waals surface area contributed by atoms with Gasteiger partial charge >= 0.3 is 5.97 Å². The van der Waals surface area contributed by atoms with E-state index in [-0.39, 0.29) is 0 Å². The van der Waals surface area contributed by atoms with Crippen molar-refractivity contribution in [3.63, 3.8) is 0 Å². The highest BCUT2D eigenvalue weighted by atomic mass is 16.4. The van der Waals surface area contributed by atoms with E-state index >= 15 is 0 Å². The van der Waals surface area contributed by atoms with Gasteiger partial charge in [-0.3, -0.25) is 4.79 Å². The Kier molecular flexibility index (Phi) is 4.02. The van der Waals surface area contributed by atoms with Gasteiger partial charge in [0.15, 0.2) is 6.10 Å². The van der Waals surface area contributed by atoms with E-state index in [1.54, 1.807) is 12.1 Å². The van der Waals surface area contributed by atoms with E-state index in [2.05, 4.69) is 5.32 Å². The number of carbonyl (C=O) groups is 2. The quantitative estimate of drug-likeness (QED) is 0.703. The van der Waals surface area contributed by atoms with Gasteiger partial charge in [0.05, 0.1) is 6.42 Å². The smallest absolute Gasteiger partial charge is 0.333 e. The van der Waals surface area contributed by atoms with Gasteiger partial charge in [-0.05, 0) is 19.1 Å². The third kappa shape index (κ3) is 3.70. The Hall–Kier alpha value is -1.88. The lowest BCUT2D eigenvalue weighted by Gasteiger charge is -2.07. The number of hydrogen-bond acceptors (Lipinski definition) is 3. The molecular formula is C11H13NO4. The van der Waals surface area contributed by atoms with E-state index < -0.39 is 24.4 Å². The maximum atomic E-state index is 11.3. The summed E-state index contributed by atoms with van der Waals surface area (Å²) in [6, 6.07) is 7.06. The summed E-state index contributed by atoms with van der Waals surface area (Å²) >= 11 is 0. The van der Waals surface area contributed by atoms with Crippen LogP contribution in [0.2, 0.25) is 0 Å². The predicted molar refractivity (Wildman–Crippen MR) is 58.1 cm³/mol. The molecule has 1 amide bonds. The second kappa shape index (κ2) is 5.27. The van der Waals surface area contributed by atoms with Crippen LogP contribution in [0.3, 0.4) is 0 Å². The fourth-order valence-electron chi connectivity index (χ4n) is 1.11. The second-order valence-electron chi connectivity index (χ2n) is 3.47. The Balaban J connectivity index is 2.52. The van der Waals surface area contributed by atoms with Gasteiger partial charge in [-0.1, -0.05) is 17.7 Å². The van der Waals surface area contributed by atoms with E-state index in [0.717, 1.165) is 5.56 Å². The average molecular weight is 223 g/mol. The Bertz CT molecular complexity index is 385. The minimum atomic E-state index is -1.66. The summed E-state index contributed by atoms with van der Waals surface area (Å²) in [4.78, 5) is 21.6. The molecule has 5 heteroatoms. The van der Waals surface area contributed by atoms with Gasteiger partial charge in [-0.25, -0.2) is 4.79 Å². The number of rotatable bonds is 4. The summed E-state index contributed by atoms with van der Waals surface area (Å²) < 4.78 is 0. The zero-order valence-electron chi connectivity index (χ0n) is 8.80. The molecule has 1 aromatic rings. The summed E-state index contributed by atoms with van der Waals surface area (Å²) in [5.74, 6) is -1.93. The van der Waals surface area contributed by atoms with Crippen LogP contribution in [0.5, 0.6) is 0 Å². The highest BCUT2D eigenvalue weighted by molar-refractivity contribution is 5.93. The summed E-state index contributed by atoms with van der Waals surface area (Å²) in [5, 5.41) is 19.9. The number of anilines is 1. The number of aliphatic hydroxyl groups is 1. The van der Waals surface area contributed by atoms with Crippen molar-refractivity contribution < 1.29 is 19.8 Å². The number of amides is 1. The van der Waals surface area contributed by atoms with Gasteiger partial charge in [0.1, 0.15) is 0 Å². The minimum Gasteiger partial charge on any atom is -0.479 e. The van der Waals surface area contributed by atoms with E-state index in [0.29, 0.717) is 5.69 Å². The van der Waals surface area contributed by atoms with Gasteiger partial charge < -0.3 is 15.5 Å². The summed E-state index contributed by atoms with van der Waals surface area (Å²) in [6.45, 7) is 1.92. The third-order valence-corrected chi connectivity index (χ3v) is 2.00. The first-order valence-electron chi connectivity index (χ1n) is 4.76. The number of carboxylic acid groups (broad SMARTS) is 1. The zero-order chi connectivity index (χ0) is 12.1. The Labute approximate surface area is 92.7 Å². The summed E-state index contributed by atoms with van der Waals surface area (Å²) in [5.41, 5.74) is 1.64. The molecule has 0 aliphatic rings. The lowest BCUT2D eigenvalue weighted by molar-refractivity contribution is -0.148. The summed E-state index contributed by atoms with van der Waals surface area (Å²) in [7, 11) is 0. The van der Waals surface area contributed by atoms with Gasteiger partial charge in [-0.15, -0.1) is 0 Å². The van der Waals surface area contributed by atoms with Crippen LogP contribution in [0.15, 0.2) is 24.3 Å². The maximum Gasteiger partial charge on any atom is 0.333 e. The minimum absolute atomic E-state index is 0.455. The van der Waals surface area contributed by atoms with E-state index in [1.807, 2.05) is 19.1 Å². The molecule has 0 spiro atoms. The number of aryl methyl sites for hydroxylation is 1. The van der Waals surface area contributed by atoms with E-state index in [1.165, 1.54) is 0 Å². The zero-order valence-corrected chi connectivity index (χ0v) is 8.80. The molecule has 0 aliphatic heterocycles. The van der Waals surface area contributed by atoms with E-state index in [4.69, 9.17) is 10.2 Å². The SMILES string of the molecule is Cc1ccc(NC(=O)CC(O)C(=O)O)cc1. The first-order chi connectivity index (χ1) is 7.49. The van der Waals surface area contributed by atoms with Gasteiger partial charge in [0.2, 0.25) is 5.91 Å². The Morgan fingerprint density at radius 1 is 1.31 bits per heavy atom. The molecule has 1 unspecified atom stereocenters. The molecule has 3 N–H and O–H groups in total. The van der Waals surface area contributed by atoms with Crippen molar-refractivity contribution in [2.24, 2.45) is 0 Å². The number of carbonyl (C=O) groups excluding carboxylic acids is 1. The molecular weight excluding hydrogens is 210 g/mol. The molecule has 0 saturated carbocycles. The number of aliphatic hydroxyl groups excluding tert-OH is 1. The molecule has 0 fully saturated rings. The molecule has 5 nitrogen and oxygen atoms in total. The molecule has 16 heavy (non-hydrogen) atoms. The molecule has 0 radical (unpaired) electrons. The van der Waals surface area contributed by atoms with Crippen LogP contribution in [-0.4, -0.2) is 28.2 Å². The van der Waals surface area contributed by atoms with Crippen LogP contribution in [0.4, 0.5) is 5.69 Å².